The molecule has 2 N–H and O–H groups in total. The van der Waals surface area contributed by atoms with Crippen LogP contribution in [0.3, 0.4) is 0 Å². The van der Waals surface area contributed by atoms with Crippen LogP contribution in [0.25, 0.3) is 0 Å². The van der Waals surface area contributed by atoms with Crippen LogP contribution in [0.2, 0.25) is 0 Å². The van der Waals surface area contributed by atoms with Gasteiger partial charge in [-0.25, -0.2) is 0 Å². The predicted octanol–water partition coefficient (Wildman–Crippen LogP) is 0.114. The van der Waals surface area contributed by atoms with Gasteiger partial charge in [-0.3, -0.25) is 19.3 Å². The number of rotatable bonds is 3. The molecule has 2 aliphatic heterocycles. The highest BCUT2D eigenvalue weighted by Crippen LogP contribution is 2.27. The molecular formula is C15H17N3O4. The van der Waals surface area contributed by atoms with Crippen LogP contribution in [0.15, 0.2) is 18.2 Å². The number of hydrogen-bond acceptors (Lipinski definition) is 5. The zero-order valence-corrected chi connectivity index (χ0v) is 12.1. The van der Waals surface area contributed by atoms with Gasteiger partial charge in [0.25, 0.3) is 11.8 Å². The molecule has 0 atom stereocenters. The van der Waals surface area contributed by atoms with E-state index >= 15 is 0 Å². The van der Waals surface area contributed by atoms with Crippen LogP contribution in [0, 0.1) is 0 Å². The van der Waals surface area contributed by atoms with Crippen molar-refractivity contribution in [1.29, 1.82) is 0 Å². The average molecular weight is 303 g/mol. The maximum atomic E-state index is 12.3. The van der Waals surface area contributed by atoms with E-state index in [1.54, 1.807) is 23.1 Å². The number of anilines is 1. The van der Waals surface area contributed by atoms with Crippen molar-refractivity contribution in [3.05, 3.63) is 29.3 Å². The molecule has 0 aromatic heterocycles. The Bertz CT molecular complexity index is 638. The Morgan fingerprint density at radius 2 is 1.91 bits per heavy atom. The minimum absolute atomic E-state index is 0.0714. The molecule has 2 heterocycles. The molecule has 0 saturated carbocycles. The summed E-state index contributed by atoms with van der Waals surface area (Å²) in [5.41, 5.74) is 6.61. The number of morpholine rings is 1. The van der Waals surface area contributed by atoms with E-state index in [9.17, 15) is 14.4 Å². The van der Waals surface area contributed by atoms with E-state index in [2.05, 4.69) is 0 Å². The van der Waals surface area contributed by atoms with Crippen LogP contribution in [-0.2, 0) is 9.53 Å². The second-order valence-corrected chi connectivity index (χ2v) is 5.27. The van der Waals surface area contributed by atoms with E-state index in [4.69, 9.17) is 10.5 Å². The van der Waals surface area contributed by atoms with Crippen molar-refractivity contribution in [3.8, 4) is 0 Å². The van der Waals surface area contributed by atoms with E-state index in [-0.39, 0.29) is 36.0 Å². The topological polar surface area (TPSA) is 92.9 Å². The Kier molecular flexibility index (Phi) is 3.81. The Labute approximate surface area is 127 Å². The third-order valence-electron chi connectivity index (χ3n) is 3.94. The second-order valence-electron chi connectivity index (χ2n) is 5.27. The van der Waals surface area contributed by atoms with Gasteiger partial charge in [0.05, 0.1) is 24.3 Å². The summed E-state index contributed by atoms with van der Waals surface area (Å²) < 4.78 is 5.19. The van der Waals surface area contributed by atoms with E-state index in [0.717, 1.165) is 4.90 Å². The van der Waals surface area contributed by atoms with Crippen LogP contribution in [0.1, 0.15) is 27.1 Å². The molecule has 22 heavy (non-hydrogen) atoms. The van der Waals surface area contributed by atoms with Gasteiger partial charge in [0.2, 0.25) is 5.91 Å². The number of imide groups is 1. The summed E-state index contributed by atoms with van der Waals surface area (Å²) in [7, 11) is 0. The highest BCUT2D eigenvalue weighted by Gasteiger charge is 2.37. The molecule has 1 fully saturated rings. The van der Waals surface area contributed by atoms with E-state index in [1.165, 1.54) is 0 Å². The fraction of sp³-hybridized carbons (Fsp3) is 0.400. The Hall–Kier alpha value is -2.41. The fourth-order valence-corrected chi connectivity index (χ4v) is 2.74. The standard InChI is InChI=1S/C15H17N3O4/c16-11-3-1-2-10-13(11)15(21)18(14(10)20)5-4-12(19)17-6-8-22-9-7-17/h1-3H,4-9,16H2. The molecule has 0 spiro atoms. The van der Waals surface area contributed by atoms with Crippen LogP contribution >= 0.6 is 0 Å². The van der Waals surface area contributed by atoms with Gasteiger partial charge in [-0.1, -0.05) is 6.07 Å². The van der Waals surface area contributed by atoms with Gasteiger partial charge < -0.3 is 15.4 Å². The number of nitrogen functional groups attached to an aromatic ring is 1. The SMILES string of the molecule is Nc1cccc2c1C(=O)N(CCC(=O)N1CCOCC1)C2=O. The number of hydrogen-bond donors (Lipinski definition) is 1. The summed E-state index contributed by atoms with van der Waals surface area (Å²) in [6, 6.07) is 4.81. The Morgan fingerprint density at radius 1 is 1.18 bits per heavy atom. The van der Waals surface area contributed by atoms with Gasteiger partial charge in [0.1, 0.15) is 0 Å². The van der Waals surface area contributed by atoms with Crippen molar-refractivity contribution in [2.45, 2.75) is 6.42 Å². The first-order chi connectivity index (χ1) is 10.6. The molecule has 7 nitrogen and oxygen atoms in total. The lowest BCUT2D eigenvalue weighted by Gasteiger charge is -2.27. The van der Waals surface area contributed by atoms with Crippen molar-refractivity contribution < 1.29 is 19.1 Å². The first-order valence-electron chi connectivity index (χ1n) is 7.20. The number of ether oxygens (including phenoxy) is 1. The molecule has 7 heteroatoms. The van der Waals surface area contributed by atoms with Crippen LogP contribution in [0.4, 0.5) is 5.69 Å². The molecule has 0 aliphatic carbocycles. The summed E-state index contributed by atoms with van der Waals surface area (Å²) in [5, 5.41) is 0. The van der Waals surface area contributed by atoms with Crippen molar-refractivity contribution >= 4 is 23.4 Å². The molecule has 0 unspecified atom stereocenters. The first-order valence-corrected chi connectivity index (χ1v) is 7.20. The van der Waals surface area contributed by atoms with Crippen molar-refractivity contribution in [2.24, 2.45) is 0 Å². The molecule has 2 aliphatic rings. The second kappa shape index (κ2) is 5.76. The van der Waals surface area contributed by atoms with E-state index < -0.39 is 5.91 Å². The van der Waals surface area contributed by atoms with Gasteiger partial charge in [0.15, 0.2) is 0 Å². The third-order valence-corrected chi connectivity index (χ3v) is 3.94. The smallest absolute Gasteiger partial charge is 0.263 e. The maximum Gasteiger partial charge on any atom is 0.263 e. The number of fused-ring (bicyclic) bond motifs is 1. The minimum atomic E-state index is -0.423. The van der Waals surface area contributed by atoms with Gasteiger partial charge in [-0.2, -0.15) is 0 Å². The molecule has 1 saturated heterocycles. The lowest BCUT2D eigenvalue weighted by atomic mass is 10.1. The van der Waals surface area contributed by atoms with Gasteiger partial charge >= 0.3 is 0 Å². The molecule has 3 rings (SSSR count). The number of nitrogens with zero attached hydrogens (tertiary/aromatic N) is 2. The lowest BCUT2D eigenvalue weighted by Crippen LogP contribution is -2.42. The van der Waals surface area contributed by atoms with Crippen LogP contribution < -0.4 is 5.73 Å². The zero-order valence-electron chi connectivity index (χ0n) is 12.1. The molecular weight excluding hydrogens is 286 g/mol. The Morgan fingerprint density at radius 3 is 2.59 bits per heavy atom. The number of amides is 3. The summed E-state index contributed by atoms with van der Waals surface area (Å²) in [5.74, 6) is -0.886. The van der Waals surface area contributed by atoms with E-state index in [1.807, 2.05) is 0 Å². The maximum absolute atomic E-state index is 12.3. The number of nitrogens with two attached hydrogens (primary N) is 1. The minimum Gasteiger partial charge on any atom is -0.398 e. The highest BCUT2D eigenvalue weighted by molar-refractivity contribution is 6.23. The Balaban J connectivity index is 1.67. The average Bonchev–Trinajstić information content (AvgIpc) is 2.78. The molecule has 3 amide bonds. The lowest BCUT2D eigenvalue weighted by molar-refractivity contribution is -0.135. The quantitative estimate of drug-likeness (QED) is 0.632. The third kappa shape index (κ3) is 2.43. The monoisotopic (exact) mass is 303 g/mol. The van der Waals surface area contributed by atoms with Gasteiger partial charge in [-0.15, -0.1) is 0 Å². The van der Waals surface area contributed by atoms with Crippen LogP contribution in [-0.4, -0.2) is 60.4 Å². The molecule has 1 aromatic rings. The number of benzene rings is 1. The van der Waals surface area contributed by atoms with Gasteiger partial charge in [0, 0.05) is 31.7 Å². The number of carbonyl (C=O) groups is 3. The summed E-state index contributed by atoms with van der Waals surface area (Å²) in [6.45, 7) is 2.22. The summed E-state index contributed by atoms with van der Waals surface area (Å²) in [4.78, 5) is 39.4. The predicted molar refractivity (Wildman–Crippen MR) is 78.2 cm³/mol. The van der Waals surface area contributed by atoms with Crippen molar-refractivity contribution in [2.75, 3.05) is 38.6 Å². The van der Waals surface area contributed by atoms with Gasteiger partial charge in [-0.05, 0) is 12.1 Å². The van der Waals surface area contributed by atoms with Crippen LogP contribution in [0.5, 0.6) is 0 Å². The number of carbonyl (C=O) groups excluding carboxylic acids is 3. The zero-order chi connectivity index (χ0) is 15.7. The molecule has 0 radical (unpaired) electrons. The highest BCUT2D eigenvalue weighted by atomic mass is 16.5. The largest absolute Gasteiger partial charge is 0.398 e. The molecule has 116 valence electrons. The van der Waals surface area contributed by atoms with Crippen molar-refractivity contribution in [1.82, 2.24) is 9.80 Å². The summed E-state index contributed by atoms with van der Waals surface area (Å²) in [6.07, 6.45) is 0.116. The molecule has 1 aromatic carbocycles. The normalized spacial score (nSPS) is 17.8. The van der Waals surface area contributed by atoms with Crippen molar-refractivity contribution in [3.63, 3.8) is 0 Å². The summed E-state index contributed by atoms with van der Waals surface area (Å²) >= 11 is 0. The fourth-order valence-electron chi connectivity index (χ4n) is 2.74. The first kappa shape index (κ1) is 14.5. The molecule has 0 bridgehead atoms. The van der Waals surface area contributed by atoms with E-state index in [0.29, 0.717) is 31.9 Å².